The topological polar surface area (TPSA) is 56.8 Å². The van der Waals surface area contributed by atoms with Gasteiger partial charge in [-0.15, -0.1) is 0 Å². The van der Waals surface area contributed by atoms with Gasteiger partial charge in [0.2, 0.25) is 0 Å². The summed E-state index contributed by atoms with van der Waals surface area (Å²) in [6.07, 6.45) is 0. The highest BCUT2D eigenvalue weighted by Crippen LogP contribution is 2.28. The molecule has 0 aliphatic carbocycles. The second-order valence-corrected chi connectivity index (χ2v) is 4.50. The van der Waals surface area contributed by atoms with Gasteiger partial charge in [0, 0.05) is 5.56 Å². The van der Waals surface area contributed by atoms with Crippen LogP contribution in [-0.2, 0) is 11.4 Å². The van der Waals surface area contributed by atoms with Crippen molar-refractivity contribution in [3.8, 4) is 11.5 Å². The number of carbonyl (C=O) groups is 1. The molecular formula is C17H19NO4. The van der Waals surface area contributed by atoms with Gasteiger partial charge in [-0.1, -0.05) is 30.3 Å². The first-order valence-electron chi connectivity index (χ1n) is 7.01. The van der Waals surface area contributed by atoms with Gasteiger partial charge < -0.3 is 9.47 Å². The quantitative estimate of drug-likeness (QED) is 0.799. The third-order valence-electron chi connectivity index (χ3n) is 2.97. The summed E-state index contributed by atoms with van der Waals surface area (Å²) in [5.74, 6) is 0.758. The average Bonchev–Trinajstić information content (AvgIpc) is 2.58. The molecule has 2 aromatic rings. The molecule has 22 heavy (non-hydrogen) atoms. The summed E-state index contributed by atoms with van der Waals surface area (Å²) in [7, 11) is 1.54. The maximum absolute atomic E-state index is 11.8. The van der Waals surface area contributed by atoms with E-state index in [9.17, 15) is 4.79 Å². The Labute approximate surface area is 129 Å². The summed E-state index contributed by atoms with van der Waals surface area (Å²) in [6.45, 7) is 2.63. The van der Waals surface area contributed by atoms with Crippen LogP contribution in [0.25, 0.3) is 0 Å². The molecule has 0 atom stereocenters. The van der Waals surface area contributed by atoms with Gasteiger partial charge in [0.25, 0.3) is 5.91 Å². The SMILES string of the molecule is CCONC(=O)c1ccc(OCc2ccccc2)c(OC)c1. The highest BCUT2D eigenvalue weighted by Gasteiger charge is 2.11. The van der Waals surface area contributed by atoms with E-state index in [1.807, 2.05) is 30.3 Å². The third-order valence-corrected chi connectivity index (χ3v) is 2.97. The maximum Gasteiger partial charge on any atom is 0.274 e. The minimum Gasteiger partial charge on any atom is -0.493 e. The Balaban J connectivity index is 2.07. The van der Waals surface area contributed by atoms with Crippen molar-refractivity contribution in [2.45, 2.75) is 13.5 Å². The number of hydroxylamine groups is 1. The van der Waals surface area contributed by atoms with Crippen molar-refractivity contribution < 1.29 is 19.1 Å². The average molecular weight is 301 g/mol. The van der Waals surface area contributed by atoms with Gasteiger partial charge in [0.1, 0.15) is 6.61 Å². The monoisotopic (exact) mass is 301 g/mol. The van der Waals surface area contributed by atoms with E-state index in [1.54, 1.807) is 25.1 Å². The van der Waals surface area contributed by atoms with E-state index < -0.39 is 0 Å². The van der Waals surface area contributed by atoms with E-state index in [4.69, 9.17) is 14.3 Å². The molecule has 1 N–H and O–H groups in total. The Kier molecular flexibility index (Phi) is 5.80. The predicted molar refractivity (Wildman–Crippen MR) is 82.9 cm³/mol. The molecule has 0 unspecified atom stereocenters. The van der Waals surface area contributed by atoms with Crippen LogP contribution in [0.1, 0.15) is 22.8 Å². The molecule has 0 spiro atoms. The number of methoxy groups -OCH3 is 1. The number of amides is 1. The van der Waals surface area contributed by atoms with Crippen LogP contribution in [0.2, 0.25) is 0 Å². The molecule has 0 aliphatic rings. The molecule has 0 fully saturated rings. The van der Waals surface area contributed by atoms with Crippen molar-refractivity contribution in [2.24, 2.45) is 0 Å². The lowest BCUT2D eigenvalue weighted by Gasteiger charge is -2.12. The van der Waals surface area contributed by atoms with Crippen molar-refractivity contribution in [2.75, 3.05) is 13.7 Å². The second-order valence-electron chi connectivity index (χ2n) is 4.50. The molecule has 2 rings (SSSR count). The predicted octanol–water partition coefficient (Wildman–Crippen LogP) is 2.96. The van der Waals surface area contributed by atoms with Crippen molar-refractivity contribution >= 4 is 5.91 Å². The zero-order chi connectivity index (χ0) is 15.8. The molecule has 0 aromatic heterocycles. The standard InChI is InChI=1S/C17H19NO4/c1-3-22-18-17(19)14-9-10-15(16(11-14)20-2)21-12-13-7-5-4-6-8-13/h4-11H,3,12H2,1-2H3,(H,18,19). The Morgan fingerprint density at radius 3 is 2.55 bits per heavy atom. The van der Waals surface area contributed by atoms with Gasteiger partial charge in [-0.25, -0.2) is 5.48 Å². The van der Waals surface area contributed by atoms with E-state index >= 15 is 0 Å². The summed E-state index contributed by atoms with van der Waals surface area (Å²) in [4.78, 5) is 16.7. The van der Waals surface area contributed by atoms with Crippen LogP contribution in [0.5, 0.6) is 11.5 Å². The lowest BCUT2D eigenvalue weighted by Crippen LogP contribution is -2.23. The second kappa shape index (κ2) is 8.05. The van der Waals surface area contributed by atoms with Crippen LogP contribution >= 0.6 is 0 Å². The van der Waals surface area contributed by atoms with Gasteiger partial charge in [0.15, 0.2) is 11.5 Å². The Morgan fingerprint density at radius 2 is 1.86 bits per heavy atom. The van der Waals surface area contributed by atoms with E-state index in [0.29, 0.717) is 30.3 Å². The van der Waals surface area contributed by atoms with Crippen molar-refractivity contribution in [1.82, 2.24) is 5.48 Å². The van der Waals surface area contributed by atoms with Crippen LogP contribution in [0, 0.1) is 0 Å². The van der Waals surface area contributed by atoms with E-state index in [2.05, 4.69) is 5.48 Å². The number of hydrogen-bond donors (Lipinski definition) is 1. The molecule has 5 heteroatoms. The first kappa shape index (κ1) is 15.9. The molecular weight excluding hydrogens is 282 g/mol. The van der Waals surface area contributed by atoms with E-state index in [-0.39, 0.29) is 5.91 Å². The molecule has 0 saturated carbocycles. The summed E-state index contributed by atoms with van der Waals surface area (Å²) < 4.78 is 11.0. The minimum absolute atomic E-state index is 0.324. The van der Waals surface area contributed by atoms with Crippen molar-refractivity contribution in [1.29, 1.82) is 0 Å². The van der Waals surface area contributed by atoms with Crippen LogP contribution < -0.4 is 15.0 Å². The van der Waals surface area contributed by atoms with Gasteiger partial charge >= 0.3 is 0 Å². The Hall–Kier alpha value is -2.53. The van der Waals surface area contributed by atoms with Crippen LogP contribution in [-0.4, -0.2) is 19.6 Å². The summed E-state index contributed by atoms with van der Waals surface area (Å²) in [6, 6.07) is 14.8. The minimum atomic E-state index is -0.324. The molecule has 116 valence electrons. The molecule has 0 radical (unpaired) electrons. The normalized spacial score (nSPS) is 10.1. The van der Waals surface area contributed by atoms with Crippen molar-refractivity contribution in [3.63, 3.8) is 0 Å². The summed E-state index contributed by atoms with van der Waals surface area (Å²) in [5.41, 5.74) is 3.84. The van der Waals surface area contributed by atoms with Crippen molar-refractivity contribution in [3.05, 3.63) is 59.7 Å². The largest absolute Gasteiger partial charge is 0.493 e. The zero-order valence-electron chi connectivity index (χ0n) is 12.7. The molecule has 5 nitrogen and oxygen atoms in total. The number of carbonyl (C=O) groups excluding carboxylic acids is 1. The molecule has 0 bridgehead atoms. The third kappa shape index (κ3) is 4.23. The highest BCUT2D eigenvalue weighted by atomic mass is 16.6. The first-order valence-corrected chi connectivity index (χ1v) is 7.01. The number of hydrogen-bond acceptors (Lipinski definition) is 4. The molecule has 0 saturated heterocycles. The van der Waals surface area contributed by atoms with Crippen LogP contribution in [0.3, 0.4) is 0 Å². The fourth-order valence-electron chi connectivity index (χ4n) is 1.86. The van der Waals surface area contributed by atoms with Gasteiger partial charge in [-0.2, -0.15) is 0 Å². The molecule has 0 heterocycles. The summed E-state index contributed by atoms with van der Waals surface area (Å²) in [5, 5.41) is 0. The Morgan fingerprint density at radius 1 is 1.09 bits per heavy atom. The van der Waals surface area contributed by atoms with Gasteiger partial charge in [0.05, 0.1) is 13.7 Å². The maximum atomic E-state index is 11.8. The van der Waals surface area contributed by atoms with Gasteiger partial charge in [-0.3, -0.25) is 9.63 Å². The van der Waals surface area contributed by atoms with E-state index in [1.165, 1.54) is 7.11 Å². The lowest BCUT2D eigenvalue weighted by atomic mass is 10.2. The summed E-state index contributed by atoms with van der Waals surface area (Å²) >= 11 is 0. The number of nitrogens with one attached hydrogen (secondary N) is 1. The first-order chi connectivity index (χ1) is 10.7. The highest BCUT2D eigenvalue weighted by molar-refractivity contribution is 5.94. The fourth-order valence-corrected chi connectivity index (χ4v) is 1.86. The molecule has 1 amide bonds. The van der Waals surface area contributed by atoms with Crippen LogP contribution in [0.15, 0.2) is 48.5 Å². The molecule has 0 aliphatic heterocycles. The number of rotatable bonds is 7. The number of benzene rings is 2. The fraction of sp³-hybridized carbons (Fsp3) is 0.235. The molecule has 2 aromatic carbocycles. The number of ether oxygens (including phenoxy) is 2. The smallest absolute Gasteiger partial charge is 0.274 e. The van der Waals surface area contributed by atoms with E-state index in [0.717, 1.165) is 5.56 Å². The zero-order valence-corrected chi connectivity index (χ0v) is 12.7. The lowest BCUT2D eigenvalue weighted by molar-refractivity contribution is 0.0364. The van der Waals surface area contributed by atoms with Gasteiger partial charge in [-0.05, 0) is 30.7 Å². The van der Waals surface area contributed by atoms with Crippen LogP contribution in [0.4, 0.5) is 0 Å². The Bertz CT molecular complexity index is 613.